The maximum Gasteiger partial charge on any atom is 0.328 e. The second-order valence-corrected chi connectivity index (χ2v) is 3.43. The summed E-state index contributed by atoms with van der Waals surface area (Å²) in [5.74, 6) is 0.631. The molecule has 0 radical (unpaired) electrons. The van der Waals surface area contributed by atoms with Crippen LogP contribution in [0.5, 0.6) is 0 Å². The van der Waals surface area contributed by atoms with Crippen molar-refractivity contribution in [2.24, 2.45) is 0 Å². The first kappa shape index (κ1) is 10.8. The van der Waals surface area contributed by atoms with Crippen LogP contribution in [0, 0.1) is 0 Å². The molecule has 14 heavy (non-hydrogen) atoms. The highest BCUT2D eigenvalue weighted by Gasteiger charge is 2.02. The maximum atomic E-state index is 10.2. The lowest BCUT2D eigenvalue weighted by Gasteiger charge is -1.88. The largest absolute Gasteiger partial charge is 0.478 e. The third kappa shape index (κ3) is 3.61. The number of hydrogen-bond donors (Lipinski definition) is 1. The fourth-order valence-corrected chi connectivity index (χ4v) is 1.15. The van der Waals surface area contributed by atoms with Crippen molar-refractivity contribution in [2.45, 2.75) is 6.42 Å². The number of rotatable bonds is 5. The first-order chi connectivity index (χ1) is 6.72. The third-order valence-corrected chi connectivity index (χ3v) is 1.98. The van der Waals surface area contributed by atoms with Gasteiger partial charge in [-0.3, -0.25) is 0 Å². The molecule has 5 nitrogen and oxygen atoms in total. The van der Waals surface area contributed by atoms with Crippen molar-refractivity contribution in [3.05, 3.63) is 17.9 Å². The predicted molar refractivity (Wildman–Crippen MR) is 53.1 cm³/mol. The molecule has 0 spiro atoms. The first-order valence-electron chi connectivity index (χ1n) is 3.94. The monoisotopic (exact) mass is 214 g/mol. The third-order valence-electron chi connectivity index (χ3n) is 1.37. The van der Waals surface area contributed by atoms with Gasteiger partial charge >= 0.3 is 5.97 Å². The number of thioether (sulfide) groups is 1. The van der Waals surface area contributed by atoms with Crippen molar-refractivity contribution < 1.29 is 14.3 Å². The Morgan fingerprint density at radius 1 is 1.64 bits per heavy atom. The molecule has 0 aliphatic carbocycles. The molecular weight excluding hydrogens is 204 g/mol. The topological polar surface area (TPSA) is 76.2 Å². The van der Waals surface area contributed by atoms with Crippen molar-refractivity contribution in [3.8, 4) is 0 Å². The highest BCUT2D eigenvalue weighted by Crippen LogP contribution is 2.05. The molecule has 0 aromatic carbocycles. The highest BCUT2D eigenvalue weighted by molar-refractivity contribution is 7.98. The van der Waals surface area contributed by atoms with E-state index in [-0.39, 0.29) is 5.89 Å². The average molecular weight is 214 g/mol. The predicted octanol–water partition coefficient (Wildman–Crippen LogP) is 1.07. The quantitative estimate of drug-likeness (QED) is 0.739. The highest BCUT2D eigenvalue weighted by atomic mass is 32.2. The van der Waals surface area contributed by atoms with E-state index in [9.17, 15) is 4.79 Å². The number of aromatic nitrogens is 2. The summed E-state index contributed by atoms with van der Waals surface area (Å²) < 4.78 is 5.15. The molecule has 0 unspecified atom stereocenters. The van der Waals surface area contributed by atoms with Gasteiger partial charge in [-0.15, -0.1) is 10.2 Å². The van der Waals surface area contributed by atoms with Crippen LogP contribution in [-0.4, -0.2) is 33.3 Å². The molecule has 76 valence electrons. The second kappa shape index (κ2) is 5.43. The normalized spacial score (nSPS) is 10.9. The summed E-state index contributed by atoms with van der Waals surface area (Å²) in [7, 11) is 0. The van der Waals surface area contributed by atoms with Gasteiger partial charge in [0.25, 0.3) is 0 Å². The van der Waals surface area contributed by atoms with E-state index < -0.39 is 5.97 Å². The van der Waals surface area contributed by atoms with E-state index in [4.69, 9.17) is 9.52 Å². The molecule has 1 heterocycles. The van der Waals surface area contributed by atoms with E-state index in [1.54, 1.807) is 11.8 Å². The number of aliphatic carboxylic acids is 1. The molecule has 0 saturated heterocycles. The van der Waals surface area contributed by atoms with Gasteiger partial charge in [-0.05, 0) is 6.26 Å². The lowest BCUT2D eigenvalue weighted by Crippen LogP contribution is -1.86. The standard InChI is InChI=1S/C8H10N2O3S/c1-14-5-4-7-10-9-6(13-7)2-3-8(11)12/h2-3H,4-5H2,1H3,(H,11,12)/b3-2+. The number of hydrogen-bond acceptors (Lipinski definition) is 5. The first-order valence-corrected chi connectivity index (χ1v) is 5.34. The van der Waals surface area contributed by atoms with Crippen molar-refractivity contribution in [1.29, 1.82) is 0 Å². The van der Waals surface area contributed by atoms with Gasteiger partial charge < -0.3 is 9.52 Å². The van der Waals surface area contributed by atoms with Crippen molar-refractivity contribution in [1.82, 2.24) is 10.2 Å². The molecule has 0 aliphatic heterocycles. The number of nitrogens with zero attached hydrogens (tertiary/aromatic N) is 2. The van der Waals surface area contributed by atoms with Crippen LogP contribution < -0.4 is 0 Å². The Labute approximate surface area is 85.2 Å². The number of carboxylic acid groups (broad SMARTS) is 1. The van der Waals surface area contributed by atoms with Crippen molar-refractivity contribution in [3.63, 3.8) is 0 Å². The summed E-state index contributed by atoms with van der Waals surface area (Å²) in [6.07, 6.45) is 4.93. The summed E-state index contributed by atoms with van der Waals surface area (Å²) in [6, 6.07) is 0. The molecule has 0 bridgehead atoms. The molecule has 1 rings (SSSR count). The van der Waals surface area contributed by atoms with Crippen LogP contribution in [0.4, 0.5) is 0 Å². The minimum absolute atomic E-state index is 0.225. The Kier molecular flexibility index (Phi) is 4.18. The fraction of sp³-hybridized carbons (Fsp3) is 0.375. The van der Waals surface area contributed by atoms with Crippen LogP contribution in [0.3, 0.4) is 0 Å². The Balaban J connectivity index is 2.54. The molecule has 1 aromatic heterocycles. The Morgan fingerprint density at radius 2 is 2.43 bits per heavy atom. The fourth-order valence-electron chi connectivity index (χ4n) is 0.767. The van der Waals surface area contributed by atoms with Crippen LogP contribution in [0.2, 0.25) is 0 Å². The van der Waals surface area contributed by atoms with Crippen LogP contribution in [0.1, 0.15) is 11.8 Å². The SMILES string of the molecule is CSCCc1nnc(/C=C/C(=O)O)o1. The Hall–Kier alpha value is -1.30. The molecule has 0 atom stereocenters. The van der Waals surface area contributed by atoms with Gasteiger partial charge in [-0.2, -0.15) is 11.8 Å². The molecule has 1 N–H and O–H groups in total. The smallest absolute Gasteiger partial charge is 0.328 e. The number of carbonyl (C=O) groups is 1. The number of carboxylic acids is 1. The summed E-state index contributed by atoms with van der Waals surface area (Å²) in [5.41, 5.74) is 0. The van der Waals surface area contributed by atoms with Gasteiger partial charge in [0, 0.05) is 24.3 Å². The van der Waals surface area contributed by atoms with Crippen molar-refractivity contribution >= 4 is 23.8 Å². The van der Waals surface area contributed by atoms with Gasteiger partial charge in [0.15, 0.2) is 0 Å². The van der Waals surface area contributed by atoms with Gasteiger partial charge in [0.05, 0.1) is 0 Å². The zero-order chi connectivity index (χ0) is 10.4. The van der Waals surface area contributed by atoms with E-state index in [1.165, 1.54) is 6.08 Å². The Bertz CT molecular complexity index is 335. The molecule has 0 aliphatic rings. The van der Waals surface area contributed by atoms with Gasteiger partial charge in [-0.25, -0.2) is 4.79 Å². The van der Waals surface area contributed by atoms with E-state index in [0.29, 0.717) is 12.3 Å². The lowest BCUT2D eigenvalue weighted by molar-refractivity contribution is -0.131. The molecule has 1 aromatic rings. The van der Waals surface area contributed by atoms with Gasteiger partial charge in [-0.1, -0.05) is 0 Å². The number of aryl methyl sites for hydroxylation is 1. The van der Waals surface area contributed by atoms with Gasteiger partial charge in [0.1, 0.15) is 0 Å². The minimum atomic E-state index is -1.03. The molecule has 0 saturated carbocycles. The zero-order valence-corrected chi connectivity index (χ0v) is 8.45. The van der Waals surface area contributed by atoms with Crippen LogP contribution in [0.15, 0.2) is 10.5 Å². The second-order valence-electron chi connectivity index (χ2n) is 2.45. The van der Waals surface area contributed by atoms with Crippen LogP contribution in [-0.2, 0) is 11.2 Å². The molecule has 0 amide bonds. The molecule has 6 heteroatoms. The summed E-state index contributed by atoms with van der Waals surface area (Å²) >= 11 is 1.68. The summed E-state index contributed by atoms with van der Waals surface area (Å²) in [4.78, 5) is 10.2. The van der Waals surface area contributed by atoms with Crippen molar-refractivity contribution in [2.75, 3.05) is 12.0 Å². The summed E-state index contributed by atoms with van der Waals surface area (Å²) in [6.45, 7) is 0. The van der Waals surface area contributed by atoms with E-state index in [1.807, 2.05) is 6.26 Å². The summed E-state index contributed by atoms with van der Waals surface area (Å²) in [5, 5.41) is 15.8. The average Bonchev–Trinajstić information content (AvgIpc) is 2.59. The lowest BCUT2D eigenvalue weighted by atomic mass is 10.5. The van der Waals surface area contributed by atoms with Crippen LogP contribution >= 0.6 is 11.8 Å². The maximum absolute atomic E-state index is 10.2. The van der Waals surface area contributed by atoms with Crippen LogP contribution in [0.25, 0.3) is 6.08 Å². The van der Waals surface area contributed by atoms with E-state index in [2.05, 4.69) is 10.2 Å². The molecule has 0 fully saturated rings. The molecular formula is C8H10N2O3S. The zero-order valence-electron chi connectivity index (χ0n) is 7.64. The van der Waals surface area contributed by atoms with Gasteiger partial charge in [0.2, 0.25) is 11.8 Å². The van der Waals surface area contributed by atoms with E-state index >= 15 is 0 Å². The Morgan fingerprint density at radius 3 is 3.07 bits per heavy atom. The minimum Gasteiger partial charge on any atom is -0.478 e. The van der Waals surface area contributed by atoms with E-state index in [0.717, 1.165) is 11.8 Å².